The molecule has 1 amide bonds. The molecule has 2 heterocycles. The number of benzene rings is 1. The van der Waals surface area contributed by atoms with Gasteiger partial charge in [-0.05, 0) is 49.9 Å². The van der Waals surface area contributed by atoms with Crippen molar-refractivity contribution in [2.75, 3.05) is 44.7 Å². The molecule has 38 heavy (non-hydrogen) atoms. The maximum Gasteiger partial charge on any atom is 0.573 e. The van der Waals surface area contributed by atoms with Gasteiger partial charge in [-0.1, -0.05) is 13.0 Å². The number of rotatable bonds is 7. The van der Waals surface area contributed by atoms with E-state index in [2.05, 4.69) is 19.6 Å². The molecule has 1 aliphatic heterocycles. The molecule has 0 radical (unpaired) electrons. The van der Waals surface area contributed by atoms with Gasteiger partial charge in [-0.15, -0.1) is 13.2 Å². The number of hydrogen-bond acceptors (Lipinski definition) is 7. The van der Waals surface area contributed by atoms with E-state index in [4.69, 9.17) is 0 Å². The number of fused-ring (bicyclic) bond motifs is 1. The lowest BCUT2D eigenvalue weighted by molar-refractivity contribution is -0.275. The highest BCUT2D eigenvalue weighted by Crippen LogP contribution is 2.43. The number of anilines is 1. The van der Waals surface area contributed by atoms with Crippen LogP contribution in [0.25, 0.3) is 0 Å². The Morgan fingerprint density at radius 3 is 2.55 bits per heavy atom. The number of aliphatic hydroxyl groups is 1. The van der Waals surface area contributed by atoms with Crippen molar-refractivity contribution >= 4 is 11.7 Å². The molecule has 2 fully saturated rings. The van der Waals surface area contributed by atoms with E-state index in [1.807, 2.05) is 18.9 Å². The van der Waals surface area contributed by atoms with E-state index in [1.54, 1.807) is 4.90 Å². The minimum atomic E-state index is -5.01. The number of piperazine rings is 1. The molecule has 0 unspecified atom stereocenters. The number of aliphatic hydroxyl groups excluding tert-OH is 1. The number of ether oxygens (including phenoxy) is 1. The highest BCUT2D eigenvalue weighted by molar-refractivity contribution is 5.84. The predicted octanol–water partition coefficient (Wildman–Crippen LogP) is 3.58. The zero-order valence-corrected chi connectivity index (χ0v) is 21.3. The van der Waals surface area contributed by atoms with Crippen molar-refractivity contribution in [1.29, 1.82) is 0 Å². The monoisotopic (exact) mass is 537 g/mol. The lowest BCUT2D eigenvalue weighted by Crippen LogP contribution is -2.51. The Balaban J connectivity index is 1.32. The highest BCUT2D eigenvalue weighted by Gasteiger charge is 2.37. The summed E-state index contributed by atoms with van der Waals surface area (Å²) in [6.45, 7) is 4.24. The first kappa shape index (κ1) is 26.6. The molecule has 1 N–H and O–H groups in total. The molecular weight excluding hydrogens is 506 g/mol. The van der Waals surface area contributed by atoms with Crippen LogP contribution >= 0.6 is 0 Å². The Labute approximate surface area is 218 Å². The third kappa shape index (κ3) is 5.56. The van der Waals surface area contributed by atoms with Crippen LogP contribution in [0.5, 0.6) is 5.75 Å². The average Bonchev–Trinajstić information content (AvgIpc) is 3.68. The Morgan fingerprint density at radius 2 is 1.92 bits per heavy atom. The Morgan fingerprint density at radius 1 is 1.21 bits per heavy atom. The molecule has 8 nitrogen and oxygen atoms in total. The molecule has 3 atom stereocenters. The fourth-order valence-corrected chi connectivity index (χ4v) is 5.53. The van der Waals surface area contributed by atoms with Gasteiger partial charge in [-0.2, -0.15) is 0 Å². The van der Waals surface area contributed by atoms with Crippen LogP contribution < -0.4 is 9.64 Å². The lowest BCUT2D eigenvalue weighted by Gasteiger charge is -2.38. The second-order valence-electron chi connectivity index (χ2n) is 10.4. The number of carbonyl (C=O) groups excluding carboxylic acids is 1. The van der Waals surface area contributed by atoms with Crippen LogP contribution in [0.1, 0.15) is 60.9 Å². The summed E-state index contributed by atoms with van der Waals surface area (Å²) in [6.07, 6.45) is -1.54. The molecule has 1 aromatic carbocycles. The maximum atomic E-state index is 14.6. The lowest BCUT2D eigenvalue weighted by atomic mass is 9.96. The van der Waals surface area contributed by atoms with Gasteiger partial charge in [0.1, 0.15) is 12.1 Å². The molecule has 206 valence electrons. The fourth-order valence-electron chi connectivity index (χ4n) is 5.53. The van der Waals surface area contributed by atoms with Crippen molar-refractivity contribution in [1.82, 2.24) is 19.8 Å². The maximum absolute atomic E-state index is 14.6. The quantitative estimate of drug-likeness (QED) is 0.541. The summed E-state index contributed by atoms with van der Waals surface area (Å²) in [5, 5.41) is 10.3. The van der Waals surface area contributed by atoms with Crippen LogP contribution in [-0.4, -0.2) is 83.0 Å². The number of amides is 1. The van der Waals surface area contributed by atoms with Crippen LogP contribution in [0.15, 0.2) is 24.5 Å². The van der Waals surface area contributed by atoms with Crippen LogP contribution in [0.3, 0.4) is 0 Å². The van der Waals surface area contributed by atoms with Crippen molar-refractivity contribution in [2.24, 2.45) is 0 Å². The zero-order chi connectivity index (χ0) is 27.2. The van der Waals surface area contributed by atoms with Gasteiger partial charge in [0, 0.05) is 44.3 Å². The standard InChI is InChI=1S/C26H31F4N5O3/c1-15-11-20(36)23-22(15)24(32-14-31-23)34-7-9-35(10-8-34)25(37)18(13-33(2)17-4-5-17)16-3-6-21(19(27)12-16)38-26(28,29)30/h3,6,12,14-15,17-18,20,36H,4-5,7-11,13H2,1-2H3/t15-,18-,20-/m1/s1. The van der Waals surface area contributed by atoms with E-state index in [1.165, 1.54) is 12.4 Å². The van der Waals surface area contributed by atoms with Crippen LogP contribution in [0.4, 0.5) is 23.4 Å². The minimum absolute atomic E-state index is 0.123. The SMILES string of the molecule is C[C@@H]1C[C@@H](O)c2ncnc(N3CCN(C(=O)[C@H](CN(C)C4CC4)c4ccc(OC(F)(F)F)c(F)c4)CC3)c21. The molecule has 2 aromatic rings. The van der Waals surface area contributed by atoms with E-state index in [0.29, 0.717) is 56.4 Å². The number of carbonyl (C=O) groups is 1. The minimum Gasteiger partial charge on any atom is -0.403 e. The van der Waals surface area contributed by atoms with E-state index in [9.17, 15) is 27.5 Å². The van der Waals surface area contributed by atoms with Gasteiger partial charge in [0.2, 0.25) is 5.91 Å². The first-order valence-corrected chi connectivity index (χ1v) is 12.8. The fraction of sp³-hybridized carbons (Fsp3) is 0.577. The van der Waals surface area contributed by atoms with Gasteiger partial charge < -0.3 is 24.5 Å². The number of hydrogen-bond donors (Lipinski definition) is 1. The number of nitrogens with zero attached hydrogens (tertiary/aromatic N) is 5. The van der Waals surface area contributed by atoms with Gasteiger partial charge in [-0.3, -0.25) is 4.79 Å². The Kier molecular flexibility index (Phi) is 7.21. The summed E-state index contributed by atoms with van der Waals surface area (Å²) in [4.78, 5) is 28.3. The van der Waals surface area contributed by atoms with Crippen molar-refractivity contribution in [2.45, 2.75) is 56.5 Å². The molecule has 5 rings (SSSR count). The van der Waals surface area contributed by atoms with Gasteiger partial charge in [0.25, 0.3) is 0 Å². The second kappa shape index (κ2) is 10.3. The van der Waals surface area contributed by atoms with Crippen molar-refractivity contribution < 1.29 is 32.2 Å². The molecule has 1 saturated heterocycles. The topological polar surface area (TPSA) is 82.0 Å². The number of likely N-dealkylation sites (N-methyl/N-ethyl adjacent to an activating group) is 1. The van der Waals surface area contributed by atoms with Gasteiger partial charge in [0.05, 0.1) is 17.7 Å². The number of alkyl halides is 3. The van der Waals surface area contributed by atoms with E-state index in [-0.39, 0.29) is 11.8 Å². The van der Waals surface area contributed by atoms with Crippen LogP contribution in [0, 0.1) is 5.82 Å². The van der Waals surface area contributed by atoms with Crippen LogP contribution in [0.2, 0.25) is 0 Å². The summed E-state index contributed by atoms with van der Waals surface area (Å²) in [6, 6.07) is 3.58. The summed E-state index contributed by atoms with van der Waals surface area (Å²) in [5.41, 5.74) is 1.91. The first-order chi connectivity index (χ1) is 18.0. The van der Waals surface area contributed by atoms with E-state index < -0.39 is 30.0 Å². The third-order valence-electron chi connectivity index (χ3n) is 7.69. The molecular formula is C26H31F4N5O3. The average molecular weight is 538 g/mol. The van der Waals surface area contributed by atoms with Crippen molar-refractivity contribution in [3.8, 4) is 5.75 Å². The zero-order valence-electron chi connectivity index (χ0n) is 21.3. The second-order valence-corrected chi connectivity index (χ2v) is 10.4. The smallest absolute Gasteiger partial charge is 0.403 e. The Bertz CT molecular complexity index is 1180. The third-order valence-corrected chi connectivity index (χ3v) is 7.69. The molecule has 1 saturated carbocycles. The number of halogens is 4. The predicted molar refractivity (Wildman–Crippen MR) is 130 cm³/mol. The summed E-state index contributed by atoms with van der Waals surface area (Å²) in [5.74, 6) is -2.12. The summed E-state index contributed by atoms with van der Waals surface area (Å²) < 4.78 is 56.1. The molecule has 12 heteroatoms. The largest absolute Gasteiger partial charge is 0.573 e. The molecule has 3 aliphatic rings. The molecule has 1 aromatic heterocycles. The highest BCUT2D eigenvalue weighted by atomic mass is 19.4. The van der Waals surface area contributed by atoms with Crippen molar-refractivity contribution in [3.63, 3.8) is 0 Å². The molecule has 2 aliphatic carbocycles. The van der Waals surface area contributed by atoms with Gasteiger partial charge in [-0.25, -0.2) is 14.4 Å². The summed E-state index contributed by atoms with van der Waals surface area (Å²) >= 11 is 0. The van der Waals surface area contributed by atoms with Crippen molar-refractivity contribution in [3.05, 3.63) is 47.2 Å². The van der Waals surface area contributed by atoms with Gasteiger partial charge in [0.15, 0.2) is 11.6 Å². The van der Waals surface area contributed by atoms with Crippen LogP contribution in [-0.2, 0) is 4.79 Å². The van der Waals surface area contributed by atoms with E-state index in [0.717, 1.165) is 36.4 Å². The number of aromatic nitrogens is 2. The van der Waals surface area contributed by atoms with E-state index >= 15 is 0 Å². The Hall–Kier alpha value is -2.99. The molecule has 0 spiro atoms. The summed E-state index contributed by atoms with van der Waals surface area (Å²) in [7, 11) is 1.90. The molecule has 0 bridgehead atoms. The normalized spacial score (nSPS) is 22.5. The first-order valence-electron chi connectivity index (χ1n) is 12.8. The van der Waals surface area contributed by atoms with Gasteiger partial charge >= 0.3 is 6.36 Å².